The highest BCUT2D eigenvalue weighted by molar-refractivity contribution is 6.31. The van der Waals surface area contributed by atoms with Crippen molar-refractivity contribution in [2.24, 2.45) is 5.92 Å². The van der Waals surface area contributed by atoms with Gasteiger partial charge in [-0.05, 0) is 37.4 Å². The molecule has 1 fully saturated rings. The molecule has 1 aliphatic heterocycles. The van der Waals surface area contributed by atoms with Crippen molar-refractivity contribution >= 4 is 11.6 Å². The van der Waals surface area contributed by atoms with Crippen LogP contribution in [0.1, 0.15) is 31.4 Å². The first-order chi connectivity index (χ1) is 8.63. The van der Waals surface area contributed by atoms with Crippen LogP contribution in [0.5, 0.6) is 0 Å². The number of rotatable bonds is 2. The van der Waals surface area contributed by atoms with Crippen LogP contribution in [0, 0.1) is 23.1 Å². The van der Waals surface area contributed by atoms with E-state index < -0.39 is 11.9 Å². The van der Waals surface area contributed by atoms with Crippen LogP contribution in [0.2, 0.25) is 5.02 Å². The number of piperidine rings is 1. The molecule has 18 heavy (non-hydrogen) atoms. The average molecular weight is 267 g/mol. The lowest BCUT2D eigenvalue weighted by Crippen LogP contribution is -2.37. The molecule has 0 aromatic heterocycles. The van der Waals surface area contributed by atoms with Crippen LogP contribution in [0.25, 0.3) is 0 Å². The third-order valence-electron chi connectivity index (χ3n) is 3.45. The Hall–Kier alpha value is -1.11. The van der Waals surface area contributed by atoms with Gasteiger partial charge >= 0.3 is 0 Å². The number of likely N-dealkylation sites (tertiary alicyclic amines) is 1. The maximum absolute atomic E-state index is 13.9. The summed E-state index contributed by atoms with van der Waals surface area (Å²) >= 11 is 6.04. The summed E-state index contributed by atoms with van der Waals surface area (Å²) in [6.45, 7) is 3.81. The molecule has 0 saturated carbocycles. The second-order valence-corrected chi connectivity index (χ2v) is 5.32. The van der Waals surface area contributed by atoms with Crippen molar-refractivity contribution in [3.63, 3.8) is 0 Å². The highest BCUT2D eigenvalue weighted by atomic mass is 35.5. The lowest BCUT2D eigenvalue weighted by atomic mass is 9.96. The minimum atomic E-state index is -0.582. The van der Waals surface area contributed by atoms with Crippen LogP contribution in [-0.2, 0) is 0 Å². The van der Waals surface area contributed by atoms with Gasteiger partial charge in [-0.1, -0.05) is 24.6 Å². The molecule has 2 rings (SSSR count). The molecular weight excluding hydrogens is 251 g/mol. The molecule has 1 aliphatic rings. The summed E-state index contributed by atoms with van der Waals surface area (Å²) in [4.78, 5) is 2.03. The third-order valence-corrected chi connectivity index (χ3v) is 3.78. The molecule has 1 saturated heterocycles. The average Bonchev–Trinajstić information content (AvgIpc) is 2.34. The number of hydrogen-bond acceptors (Lipinski definition) is 2. The molecule has 0 spiro atoms. The lowest BCUT2D eigenvalue weighted by molar-refractivity contribution is 0.154. The van der Waals surface area contributed by atoms with E-state index in [1.54, 1.807) is 12.1 Å². The molecule has 0 aliphatic carbocycles. The monoisotopic (exact) mass is 266 g/mol. The predicted octanol–water partition coefficient (Wildman–Crippen LogP) is 3.78. The number of hydrogen-bond donors (Lipinski definition) is 0. The molecule has 1 aromatic carbocycles. The van der Waals surface area contributed by atoms with E-state index in [0.717, 1.165) is 19.5 Å². The van der Waals surface area contributed by atoms with Crippen molar-refractivity contribution in [2.75, 3.05) is 13.1 Å². The maximum atomic E-state index is 13.9. The molecule has 2 atom stereocenters. The van der Waals surface area contributed by atoms with Crippen molar-refractivity contribution in [1.29, 1.82) is 5.26 Å². The summed E-state index contributed by atoms with van der Waals surface area (Å²) in [5.41, 5.74) is 0.316. The number of halogens is 2. The number of nitriles is 1. The number of nitrogens with zero attached hydrogens (tertiary/aromatic N) is 2. The Balaban J connectivity index is 2.31. The van der Waals surface area contributed by atoms with E-state index in [4.69, 9.17) is 11.6 Å². The summed E-state index contributed by atoms with van der Waals surface area (Å²) in [6, 6.07) is 6.17. The van der Waals surface area contributed by atoms with Gasteiger partial charge in [-0.25, -0.2) is 4.39 Å². The van der Waals surface area contributed by atoms with Gasteiger partial charge in [0.1, 0.15) is 11.9 Å². The SMILES string of the molecule is CC1CCCN(C(C#N)c2c(F)cccc2Cl)C1. The Bertz CT molecular complexity index is 449. The fourth-order valence-electron chi connectivity index (χ4n) is 2.56. The summed E-state index contributed by atoms with van der Waals surface area (Å²) < 4.78 is 13.9. The fraction of sp³-hybridized carbons (Fsp3) is 0.500. The largest absolute Gasteiger partial charge is 0.284 e. The van der Waals surface area contributed by atoms with E-state index in [-0.39, 0.29) is 0 Å². The standard InChI is InChI=1S/C14H16ClFN2/c1-10-4-3-7-18(9-10)13(8-17)14-11(15)5-2-6-12(14)16/h2,5-6,10,13H,3-4,7,9H2,1H3. The van der Waals surface area contributed by atoms with Gasteiger partial charge in [-0.15, -0.1) is 0 Å². The van der Waals surface area contributed by atoms with Crippen molar-refractivity contribution in [3.8, 4) is 6.07 Å². The van der Waals surface area contributed by atoms with Gasteiger partial charge in [0.25, 0.3) is 0 Å². The van der Waals surface area contributed by atoms with Crippen molar-refractivity contribution in [3.05, 3.63) is 34.6 Å². The van der Waals surface area contributed by atoms with Gasteiger partial charge in [0.2, 0.25) is 0 Å². The quantitative estimate of drug-likeness (QED) is 0.815. The zero-order valence-electron chi connectivity index (χ0n) is 10.4. The van der Waals surface area contributed by atoms with Crippen LogP contribution < -0.4 is 0 Å². The number of benzene rings is 1. The zero-order chi connectivity index (χ0) is 13.1. The zero-order valence-corrected chi connectivity index (χ0v) is 11.1. The molecular formula is C14H16ClFN2. The molecule has 1 aromatic rings. The highest BCUT2D eigenvalue weighted by Crippen LogP contribution is 2.32. The van der Waals surface area contributed by atoms with Crippen LogP contribution in [0.3, 0.4) is 0 Å². The van der Waals surface area contributed by atoms with Gasteiger partial charge in [0.15, 0.2) is 0 Å². The Morgan fingerprint density at radius 2 is 2.33 bits per heavy atom. The molecule has 96 valence electrons. The summed E-state index contributed by atoms with van der Waals surface area (Å²) in [5.74, 6) is 0.146. The van der Waals surface area contributed by atoms with E-state index in [1.807, 2.05) is 4.90 Å². The Morgan fingerprint density at radius 1 is 1.56 bits per heavy atom. The van der Waals surface area contributed by atoms with Crippen LogP contribution in [0.4, 0.5) is 4.39 Å². The van der Waals surface area contributed by atoms with Gasteiger partial charge in [0, 0.05) is 17.1 Å². The molecule has 4 heteroatoms. The molecule has 0 radical (unpaired) electrons. The van der Waals surface area contributed by atoms with Gasteiger partial charge in [-0.3, -0.25) is 4.90 Å². The van der Waals surface area contributed by atoms with E-state index in [2.05, 4.69) is 13.0 Å². The van der Waals surface area contributed by atoms with E-state index in [1.165, 1.54) is 12.5 Å². The highest BCUT2D eigenvalue weighted by Gasteiger charge is 2.28. The lowest BCUT2D eigenvalue weighted by Gasteiger charge is -2.34. The minimum absolute atomic E-state index is 0.316. The first-order valence-electron chi connectivity index (χ1n) is 6.21. The van der Waals surface area contributed by atoms with Gasteiger partial charge in [-0.2, -0.15) is 5.26 Å². The Morgan fingerprint density at radius 3 is 2.94 bits per heavy atom. The normalized spacial score (nSPS) is 22.4. The van der Waals surface area contributed by atoms with Crippen LogP contribution in [-0.4, -0.2) is 18.0 Å². The molecule has 0 N–H and O–H groups in total. The maximum Gasteiger partial charge on any atom is 0.130 e. The summed E-state index contributed by atoms with van der Waals surface area (Å²) in [6.07, 6.45) is 2.21. The van der Waals surface area contributed by atoms with Crippen molar-refractivity contribution in [2.45, 2.75) is 25.8 Å². The molecule has 1 heterocycles. The summed E-state index contributed by atoms with van der Waals surface area (Å²) in [5, 5.41) is 9.68. The first kappa shape index (κ1) is 13.3. The molecule has 0 amide bonds. The van der Waals surface area contributed by atoms with Crippen LogP contribution >= 0.6 is 11.6 Å². The van der Waals surface area contributed by atoms with E-state index in [9.17, 15) is 9.65 Å². The molecule has 2 nitrogen and oxygen atoms in total. The third kappa shape index (κ3) is 2.66. The minimum Gasteiger partial charge on any atom is -0.284 e. The summed E-state index contributed by atoms with van der Waals surface area (Å²) in [7, 11) is 0. The second kappa shape index (κ2) is 5.69. The smallest absolute Gasteiger partial charge is 0.130 e. The fourth-order valence-corrected chi connectivity index (χ4v) is 2.83. The van der Waals surface area contributed by atoms with E-state index >= 15 is 0 Å². The predicted molar refractivity (Wildman–Crippen MR) is 69.7 cm³/mol. The van der Waals surface area contributed by atoms with Crippen molar-refractivity contribution in [1.82, 2.24) is 4.90 Å². The molecule has 2 unspecified atom stereocenters. The Labute approximate surface area is 112 Å². The van der Waals surface area contributed by atoms with Gasteiger partial charge < -0.3 is 0 Å². The Kier molecular flexibility index (Phi) is 4.21. The van der Waals surface area contributed by atoms with Crippen molar-refractivity contribution < 1.29 is 4.39 Å². The first-order valence-corrected chi connectivity index (χ1v) is 6.59. The van der Waals surface area contributed by atoms with E-state index in [0.29, 0.717) is 16.5 Å². The van der Waals surface area contributed by atoms with Crippen LogP contribution in [0.15, 0.2) is 18.2 Å². The van der Waals surface area contributed by atoms with Gasteiger partial charge in [0.05, 0.1) is 6.07 Å². The topological polar surface area (TPSA) is 27.0 Å². The molecule has 0 bridgehead atoms. The second-order valence-electron chi connectivity index (χ2n) is 4.91.